The molecule has 0 amide bonds. The van der Waals surface area contributed by atoms with Gasteiger partial charge in [-0.1, -0.05) is 30.3 Å². The van der Waals surface area contributed by atoms with E-state index in [1.807, 2.05) is 6.07 Å². The maximum Gasteiger partial charge on any atom is 0.159 e. The molecule has 2 aliphatic rings. The fourth-order valence-electron chi connectivity index (χ4n) is 3.56. The number of aliphatic hydroxyl groups is 1. The zero-order chi connectivity index (χ0) is 14.9. The first-order valence-electron chi connectivity index (χ1n) is 7.63. The molecule has 1 unspecified atom stereocenters. The van der Waals surface area contributed by atoms with Gasteiger partial charge in [-0.25, -0.2) is 8.42 Å². The van der Waals surface area contributed by atoms with Gasteiger partial charge in [-0.15, -0.1) is 0 Å². The summed E-state index contributed by atoms with van der Waals surface area (Å²) in [5, 5.41) is 12.0. The van der Waals surface area contributed by atoms with E-state index in [1.165, 1.54) is 10.5 Å². The summed E-state index contributed by atoms with van der Waals surface area (Å²) in [5.74, 6) is 0.0557. The van der Waals surface area contributed by atoms with E-state index in [4.69, 9.17) is 0 Å². The molecule has 2 aliphatic heterocycles. The normalized spacial score (nSPS) is 35.1. The van der Waals surface area contributed by atoms with Crippen LogP contribution in [0.1, 0.15) is 12.0 Å². The summed E-state index contributed by atoms with van der Waals surface area (Å²) < 4.78 is 23.1. The maximum atomic E-state index is 11.5. The molecule has 5 nitrogen and oxygen atoms in total. The van der Waals surface area contributed by atoms with Crippen molar-refractivity contribution >= 4 is 9.84 Å². The molecule has 0 aromatic heterocycles. The van der Waals surface area contributed by atoms with Gasteiger partial charge in [-0.05, 0) is 0 Å². The number of aliphatic hydroxyl groups excluding tert-OH is 1. The number of benzene rings is 1. The molecule has 21 heavy (non-hydrogen) atoms. The SMILES string of the molecule is O=S1(=O)C[C@H](O)[C@H]([NH2+][C@H]2CC[NH+](Cc3ccccc3)C2)C1. The Labute approximate surface area is 125 Å². The number of nitrogens with one attached hydrogen (secondary N) is 1. The summed E-state index contributed by atoms with van der Waals surface area (Å²) in [5.41, 5.74) is 1.34. The van der Waals surface area contributed by atoms with Crippen molar-refractivity contribution in [2.24, 2.45) is 0 Å². The quantitative estimate of drug-likeness (QED) is 0.578. The number of quaternary nitrogens is 2. The van der Waals surface area contributed by atoms with Crippen molar-refractivity contribution in [2.75, 3.05) is 24.6 Å². The number of likely N-dealkylation sites (tertiary alicyclic amines) is 1. The molecule has 1 aromatic rings. The van der Waals surface area contributed by atoms with Gasteiger partial charge in [-0.3, -0.25) is 0 Å². The van der Waals surface area contributed by atoms with Crippen LogP contribution in [0.2, 0.25) is 0 Å². The first-order valence-corrected chi connectivity index (χ1v) is 9.45. The van der Waals surface area contributed by atoms with Crippen LogP contribution < -0.4 is 10.2 Å². The van der Waals surface area contributed by atoms with Gasteiger partial charge in [0.1, 0.15) is 37.0 Å². The fourth-order valence-corrected chi connectivity index (χ4v) is 5.39. The minimum Gasteiger partial charge on any atom is -0.386 e. The van der Waals surface area contributed by atoms with Crippen LogP contribution in [-0.4, -0.2) is 56.3 Å². The summed E-state index contributed by atoms with van der Waals surface area (Å²) in [7, 11) is -3.04. The highest BCUT2D eigenvalue weighted by Gasteiger charge is 2.42. The van der Waals surface area contributed by atoms with Crippen LogP contribution in [-0.2, 0) is 16.4 Å². The zero-order valence-electron chi connectivity index (χ0n) is 12.1. The highest BCUT2D eigenvalue weighted by Crippen LogP contribution is 2.09. The molecule has 0 spiro atoms. The largest absolute Gasteiger partial charge is 0.386 e. The molecule has 4 atom stereocenters. The summed E-state index contributed by atoms with van der Waals surface area (Å²) in [6.07, 6.45) is 0.388. The van der Waals surface area contributed by atoms with Crippen molar-refractivity contribution in [3.8, 4) is 0 Å². The number of rotatable bonds is 4. The second kappa shape index (κ2) is 6.04. The Morgan fingerprint density at radius 2 is 2.00 bits per heavy atom. The Morgan fingerprint density at radius 1 is 1.24 bits per heavy atom. The van der Waals surface area contributed by atoms with E-state index < -0.39 is 15.9 Å². The van der Waals surface area contributed by atoms with Crippen molar-refractivity contribution in [2.45, 2.75) is 31.2 Å². The molecular formula is C15H24N2O3S+2. The Morgan fingerprint density at radius 3 is 2.67 bits per heavy atom. The minimum absolute atomic E-state index is 0.0680. The van der Waals surface area contributed by atoms with Crippen LogP contribution in [0.3, 0.4) is 0 Å². The molecule has 4 N–H and O–H groups in total. The Bertz CT molecular complexity index is 576. The van der Waals surface area contributed by atoms with Gasteiger partial charge in [0.05, 0.1) is 18.7 Å². The average molecular weight is 312 g/mol. The molecule has 1 aromatic carbocycles. The monoisotopic (exact) mass is 312 g/mol. The predicted octanol–water partition coefficient (Wildman–Crippen LogP) is -2.43. The lowest BCUT2D eigenvalue weighted by Gasteiger charge is -2.16. The van der Waals surface area contributed by atoms with Gasteiger partial charge >= 0.3 is 0 Å². The van der Waals surface area contributed by atoms with Gasteiger partial charge in [-0.2, -0.15) is 0 Å². The average Bonchev–Trinajstić information content (AvgIpc) is 2.95. The highest BCUT2D eigenvalue weighted by atomic mass is 32.2. The molecule has 2 saturated heterocycles. The van der Waals surface area contributed by atoms with E-state index in [2.05, 4.69) is 29.6 Å². The van der Waals surface area contributed by atoms with E-state index in [0.717, 1.165) is 26.1 Å². The number of nitrogens with two attached hydrogens (primary N) is 1. The van der Waals surface area contributed by atoms with Gasteiger partial charge in [0.15, 0.2) is 9.84 Å². The minimum atomic E-state index is -3.04. The van der Waals surface area contributed by atoms with Crippen LogP contribution in [0.5, 0.6) is 0 Å². The molecule has 0 aliphatic carbocycles. The first kappa shape index (κ1) is 15.0. The Kier molecular flexibility index (Phi) is 4.31. The second-order valence-electron chi connectivity index (χ2n) is 6.42. The van der Waals surface area contributed by atoms with Gasteiger partial charge in [0.25, 0.3) is 0 Å². The Balaban J connectivity index is 1.51. The number of hydrogen-bond acceptors (Lipinski definition) is 3. The molecule has 0 bridgehead atoms. The second-order valence-corrected chi connectivity index (χ2v) is 8.57. The zero-order valence-corrected chi connectivity index (χ0v) is 12.9. The first-order chi connectivity index (χ1) is 10.0. The molecular weight excluding hydrogens is 288 g/mol. The third kappa shape index (κ3) is 3.83. The third-order valence-corrected chi connectivity index (χ3v) is 6.34. The topological polar surface area (TPSA) is 75.4 Å². The number of sulfone groups is 1. The van der Waals surface area contributed by atoms with Crippen molar-refractivity contribution in [1.82, 2.24) is 0 Å². The lowest BCUT2D eigenvalue weighted by Crippen LogP contribution is -3.11. The summed E-state index contributed by atoms with van der Waals surface area (Å²) in [6.45, 7) is 3.18. The van der Waals surface area contributed by atoms with E-state index in [-0.39, 0.29) is 17.5 Å². The van der Waals surface area contributed by atoms with E-state index in [0.29, 0.717) is 6.04 Å². The van der Waals surface area contributed by atoms with Crippen molar-refractivity contribution in [1.29, 1.82) is 0 Å². The molecule has 0 radical (unpaired) electrons. The van der Waals surface area contributed by atoms with Crippen LogP contribution in [0, 0.1) is 0 Å². The molecule has 6 heteroatoms. The third-order valence-electron chi connectivity index (χ3n) is 4.60. The van der Waals surface area contributed by atoms with Crippen LogP contribution in [0.25, 0.3) is 0 Å². The van der Waals surface area contributed by atoms with Crippen molar-refractivity contribution in [3.05, 3.63) is 35.9 Å². The van der Waals surface area contributed by atoms with Crippen LogP contribution in [0.4, 0.5) is 0 Å². The molecule has 0 saturated carbocycles. The summed E-state index contributed by atoms with van der Waals surface area (Å²) in [4.78, 5) is 1.54. The smallest absolute Gasteiger partial charge is 0.159 e. The maximum absolute atomic E-state index is 11.5. The molecule has 116 valence electrons. The van der Waals surface area contributed by atoms with E-state index in [9.17, 15) is 13.5 Å². The summed E-state index contributed by atoms with van der Waals surface area (Å²) >= 11 is 0. The van der Waals surface area contributed by atoms with Gasteiger partial charge in [0.2, 0.25) is 0 Å². The lowest BCUT2D eigenvalue weighted by atomic mass is 10.1. The van der Waals surface area contributed by atoms with Crippen LogP contribution >= 0.6 is 0 Å². The van der Waals surface area contributed by atoms with E-state index >= 15 is 0 Å². The van der Waals surface area contributed by atoms with Gasteiger partial charge in [0, 0.05) is 5.56 Å². The van der Waals surface area contributed by atoms with Gasteiger partial charge < -0.3 is 15.3 Å². The standard InChI is InChI=1S/C15H22N2O3S/c18-15-11-21(19,20)10-14(15)16-13-6-7-17(9-13)8-12-4-2-1-3-5-12/h1-5,13-16,18H,6-11H2/p+2/t13-,14+,15-/m0/s1. The van der Waals surface area contributed by atoms with Crippen molar-refractivity contribution < 1.29 is 23.7 Å². The highest BCUT2D eigenvalue weighted by molar-refractivity contribution is 7.91. The number of hydrogen-bond donors (Lipinski definition) is 3. The molecule has 2 fully saturated rings. The molecule has 2 heterocycles. The fraction of sp³-hybridized carbons (Fsp3) is 0.600. The van der Waals surface area contributed by atoms with Crippen LogP contribution in [0.15, 0.2) is 30.3 Å². The van der Waals surface area contributed by atoms with E-state index in [1.54, 1.807) is 0 Å². The lowest BCUT2D eigenvalue weighted by molar-refractivity contribution is -0.912. The van der Waals surface area contributed by atoms with Crippen molar-refractivity contribution in [3.63, 3.8) is 0 Å². The Hall–Kier alpha value is -0.950. The summed E-state index contributed by atoms with van der Waals surface area (Å²) in [6, 6.07) is 10.7. The predicted molar refractivity (Wildman–Crippen MR) is 79.6 cm³/mol. The molecule has 3 rings (SSSR count).